The monoisotopic (exact) mass is 303 g/mol. The fourth-order valence-corrected chi connectivity index (χ4v) is 4.37. The third-order valence-corrected chi connectivity index (χ3v) is 6.01. The summed E-state index contributed by atoms with van der Waals surface area (Å²) in [6.07, 6.45) is 3.05. The first kappa shape index (κ1) is 16.2. The number of nitrogens with zero attached hydrogens (tertiary/aromatic N) is 2. The zero-order chi connectivity index (χ0) is 14.6. The summed E-state index contributed by atoms with van der Waals surface area (Å²) in [5.41, 5.74) is 0. The van der Waals surface area contributed by atoms with Crippen LogP contribution in [0.25, 0.3) is 0 Å². The molecule has 1 N–H and O–H groups in total. The number of rotatable bonds is 8. The molecule has 0 aromatic rings. The number of piperazine rings is 1. The summed E-state index contributed by atoms with van der Waals surface area (Å²) in [5.74, 6) is 0.835. The normalized spacial score (nSPS) is 21.8. The fraction of sp³-hybridized carbons (Fsp3) is 1.00. The van der Waals surface area contributed by atoms with Gasteiger partial charge in [-0.15, -0.1) is 0 Å². The third kappa shape index (κ3) is 4.98. The van der Waals surface area contributed by atoms with Gasteiger partial charge in [0.05, 0.1) is 5.75 Å². The van der Waals surface area contributed by atoms with E-state index >= 15 is 0 Å². The molecule has 0 radical (unpaired) electrons. The van der Waals surface area contributed by atoms with E-state index in [2.05, 4.69) is 24.1 Å². The van der Waals surface area contributed by atoms with Crippen molar-refractivity contribution in [2.75, 3.05) is 45.0 Å². The van der Waals surface area contributed by atoms with E-state index in [4.69, 9.17) is 0 Å². The number of sulfonamides is 1. The van der Waals surface area contributed by atoms with Gasteiger partial charge >= 0.3 is 0 Å². The van der Waals surface area contributed by atoms with Crippen molar-refractivity contribution in [3.8, 4) is 0 Å². The second-order valence-electron chi connectivity index (χ2n) is 6.43. The van der Waals surface area contributed by atoms with Gasteiger partial charge in [0.2, 0.25) is 10.0 Å². The molecular formula is C14H29N3O2S. The maximum Gasteiger partial charge on any atom is 0.215 e. The minimum absolute atomic E-state index is 0.279. The lowest BCUT2D eigenvalue weighted by atomic mass is 10.1. The molecule has 0 atom stereocenters. The Balaban J connectivity index is 1.85. The zero-order valence-corrected chi connectivity index (χ0v) is 13.7. The molecule has 0 spiro atoms. The Bertz CT molecular complexity index is 387. The van der Waals surface area contributed by atoms with Crippen LogP contribution in [0.1, 0.15) is 33.1 Å². The van der Waals surface area contributed by atoms with Crippen LogP contribution in [0.4, 0.5) is 0 Å². The predicted molar refractivity (Wildman–Crippen MR) is 82.3 cm³/mol. The largest absolute Gasteiger partial charge is 0.314 e. The quantitative estimate of drug-likeness (QED) is 0.718. The van der Waals surface area contributed by atoms with Gasteiger partial charge in [-0.2, -0.15) is 4.31 Å². The summed E-state index contributed by atoms with van der Waals surface area (Å²) in [5, 5.41) is 3.29. The third-order valence-electron chi connectivity index (χ3n) is 4.11. The maximum atomic E-state index is 12.6. The van der Waals surface area contributed by atoms with Crippen LogP contribution in [0.3, 0.4) is 0 Å². The van der Waals surface area contributed by atoms with Crippen LogP contribution in [0.2, 0.25) is 0 Å². The van der Waals surface area contributed by atoms with Crippen molar-refractivity contribution in [2.24, 2.45) is 5.92 Å². The van der Waals surface area contributed by atoms with E-state index in [-0.39, 0.29) is 5.75 Å². The van der Waals surface area contributed by atoms with Gasteiger partial charge in [0.25, 0.3) is 0 Å². The molecule has 2 rings (SSSR count). The van der Waals surface area contributed by atoms with E-state index < -0.39 is 10.0 Å². The molecule has 5 nitrogen and oxygen atoms in total. The SMILES string of the molecule is CC(C)CCN(C1CC1)S(=O)(=O)CCN1CCNCC1. The van der Waals surface area contributed by atoms with Crippen molar-refractivity contribution in [3.63, 3.8) is 0 Å². The molecule has 1 saturated heterocycles. The molecule has 1 aliphatic heterocycles. The molecule has 6 heteroatoms. The van der Waals surface area contributed by atoms with E-state index in [9.17, 15) is 8.42 Å². The second kappa shape index (κ2) is 7.20. The lowest BCUT2D eigenvalue weighted by Crippen LogP contribution is -2.46. The van der Waals surface area contributed by atoms with Crippen molar-refractivity contribution in [1.29, 1.82) is 0 Å². The molecule has 20 heavy (non-hydrogen) atoms. The molecule has 1 aliphatic carbocycles. The number of hydrogen-bond acceptors (Lipinski definition) is 4. The van der Waals surface area contributed by atoms with E-state index in [0.29, 0.717) is 25.0 Å². The van der Waals surface area contributed by atoms with E-state index in [1.54, 1.807) is 4.31 Å². The molecule has 2 fully saturated rings. The zero-order valence-electron chi connectivity index (χ0n) is 12.8. The molecule has 118 valence electrons. The molecule has 0 aromatic heterocycles. The van der Waals surface area contributed by atoms with Crippen LogP contribution < -0.4 is 5.32 Å². The predicted octanol–water partition coefficient (Wildman–Crippen LogP) is 0.732. The summed E-state index contributed by atoms with van der Waals surface area (Å²) in [6.45, 7) is 9.55. The average molecular weight is 303 g/mol. The van der Waals surface area contributed by atoms with Gasteiger partial charge in [0.15, 0.2) is 0 Å². The summed E-state index contributed by atoms with van der Waals surface area (Å²) >= 11 is 0. The smallest absolute Gasteiger partial charge is 0.215 e. The Labute approximate surface area is 123 Å². The van der Waals surface area contributed by atoms with Crippen molar-refractivity contribution >= 4 is 10.0 Å². The Morgan fingerprint density at radius 3 is 2.45 bits per heavy atom. The van der Waals surface area contributed by atoms with E-state index in [1.165, 1.54) is 0 Å². The van der Waals surface area contributed by atoms with Crippen molar-refractivity contribution in [1.82, 2.24) is 14.5 Å². The first-order valence-electron chi connectivity index (χ1n) is 7.91. The topological polar surface area (TPSA) is 52.7 Å². The van der Waals surface area contributed by atoms with Crippen molar-refractivity contribution in [2.45, 2.75) is 39.2 Å². The molecule has 2 aliphatic rings. The standard InChI is InChI=1S/C14H29N3O2S/c1-13(2)5-8-17(14-3-4-14)20(18,19)12-11-16-9-6-15-7-10-16/h13-15H,3-12H2,1-2H3. The van der Waals surface area contributed by atoms with Gasteiger partial charge in [0.1, 0.15) is 0 Å². The molecular weight excluding hydrogens is 274 g/mol. The minimum Gasteiger partial charge on any atom is -0.314 e. The highest BCUT2D eigenvalue weighted by atomic mass is 32.2. The number of hydrogen-bond donors (Lipinski definition) is 1. The Morgan fingerprint density at radius 2 is 1.90 bits per heavy atom. The van der Waals surface area contributed by atoms with Crippen molar-refractivity contribution < 1.29 is 8.42 Å². The van der Waals surface area contributed by atoms with Gasteiger partial charge in [0, 0.05) is 45.3 Å². The highest BCUT2D eigenvalue weighted by Gasteiger charge is 2.36. The van der Waals surface area contributed by atoms with Crippen molar-refractivity contribution in [3.05, 3.63) is 0 Å². The average Bonchev–Trinajstić information content (AvgIpc) is 3.22. The molecule has 1 saturated carbocycles. The van der Waals surface area contributed by atoms with Gasteiger partial charge in [-0.25, -0.2) is 8.42 Å². The molecule has 1 heterocycles. The van der Waals surface area contributed by atoms with Gasteiger partial charge < -0.3 is 5.32 Å². The van der Waals surface area contributed by atoms with Crippen LogP contribution >= 0.6 is 0 Å². The van der Waals surface area contributed by atoms with Gasteiger partial charge in [-0.3, -0.25) is 4.90 Å². The Hall–Kier alpha value is -0.170. The van der Waals surface area contributed by atoms with Crippen LogP contribution in [0, 0.1) is 5.92 Å². The second-order valence-corrected chi connectivity index (χ2v) is 8.47. The molecule has 0 unspecified atom stereocenters. The Morgan fingerprint density at radius 1 is 1.25 bits per heavy atom. The summed E-state index contributed by atoms with van der Waals surface area (Å²) in [7, 11) is -3.08. The highest BCUT2D eigenvalue weighted by molar-refractivity contribution is 7.89. The molecule has 0 aromatic carbocycles. The van der Waals surface area contributed by atoms with E-state index in [1.807, 2.05) is 0 Å². The minimum atomic E-state index is -3.08. The summed E-state index contributed by atoms with van der Waals surface area (Å²) in [4.78, 5) is 2.25. The number of nitrogens with one attached hydrogen (secondary N) is 1. The van der Waals surface area contributed by atoms with Gasteiger partial charge in [-0.05, 0) is 25.2 Å². The van der Waals surface area contributed by atoms with Crippen LogP contribution in [-0.2, 0) is 10.0 Å². The Kier molecular flexibility index (Phi) is 5.84. The molecule has 0 amide bonds. The lowest BCUT2D eigenvalue weighted by Gasteiger charge is -2.29. The van der Waals surface area contributed by atoms with Crippen LogP contribution in [0.5, 0.6) is 0 Å². The van der Waals surface area contributed by atoms with Gasteiger partial charge in [-0.1, -0.05) is 13.8 Å². The van der Waals surface area contributed by atoms with Crippen LogP contribution in [-0.4, -0.2) is 68.7 Å². The van der Waals surface area contributed by atoms with E-state index in [0.717, 1.165) is 45.4 Å². The summed E-state index contributed by atoms with van der Waals surface area (Å²) in [6, 6.07) is 0.293. The highest BCUT2D eigenvalue weighted by Crippen LogP contribution is 2.30. The first-order chi connectivity index (χ1) is 9.49. The molecule has 0 bridgehead atoms. The lowest BCUT2D eigenvalue weighted by molar-refractivity contribution is 0.252. The maximum absolute atomic E-state index is 12.6. The fourth-order valence-electron chi connectivity index (χ4n) is 2.59. The summed E-state index contributed by atoms with van der Waals surface area (Å²) < 4.78 is 26.9. The first-order valence-corrected chi connectivity index (χ1v) is 9.52. The van der Waals surface area contributed by atoms with Crippen LogP contribution in [0.15, 0.2) is 0 Å².